The smallest absolute Gasteiger partial charge is 0.305 e. The van der Waals surface area contributed by atoms with Crippen molar-refractivity contribution in [2.75, 3.05) is 13.2 Å². The Morgan fingerprint density at radius 1 is 0.293 bits per heavy atom. The van der Waals surface area contributed by atoms with Crippen LogP contribution >= 0.6 is 0 Å². The first-order chi connectivity index (χ1) is 45.5. The van der Waals surface area contributed by atoms with Gasteiger partial charge in [-0.1, -0.05) is 443 Å². The number of unbranched alkanes of at least 4 members (excludes halogenated alkanes) is 68. The Labute approximate surface area is 577 Å². The predicted molar refractivity (Wildman–Crippen MR) is 407 cm³/mol. The molecule has 2 unspecified atom stereocenters. The van der Waals surface area contributed by atoms with Gasteiger partial charge < -0.3 is 20.3 Å². The van der Waals surface area contributed by atoms with Crippen LogP contribution in [0.25, 0.3) is 0 Å². The highest BCUT2D eigenvalue weighted by atomic mass is 16.5. The lowest BCUT2D eigenvalue weighted by Crippen LogP contribution is -2.45. The van der Waals surface area contributed by atoms with E-state index in [0.717, 1.165) is 38.5 Å². The van der Waals surface area contributed by atoms with Gasteiger partial charge in [-0.25, -0.2) is 0 Å². The molecule has 0 radical (unpaired) electrons. The van der Waals surface area contributed by atoms with Crippen LogP contribution in [0.3, 0.4) is 0 Å². The van der Waals surface area contributed by atoms with Crippen molar-refractivity contribution < 1.29 is 24.5 Å². The fourth-order valence-corrected chi connectivity index (χ4v) is 13.8. The molecule has 0 saturated heterocycles. The molecular weight excluding hydrogens is 1130 g/mol. The summed E-state index contributed by atoms with van der Waals surface area (Å²) in [4.78, 5) is 24.7. The fourth-order valence-electron chi connectivity index (χ4n) is 13.8. The number of aliphatic hydroxyl groups is 2. The van der Waals surface area contributed by atoms with E-state index < -0.39 is 12.1 Å². The lowest BCUT2D eigenvalue weighted by atomic mass is 10.0. The van der Waals surface area contributed by atoms with E-state index in [1.54, 1.807) is 6.08 Å². The summed E-state index contributed by atoms with van der Waals surface area (Å²) in [5.74, 6) is -0.0355. The van der Waals surface area contributed by atoms with E-state index in [2.05, 4.69) is 31.3 Å². The molecule has 546 valence electrons. The molecule has 0 aliphatic carbocycles. The number of carbonyl (C=O) groups is 2. The van der Waals surface area contributed by atoms with Crippen molar-refractivity contribution in [3.05, 3.63) is 24.3 Å². The average Bonchev–Trinajstić information content (AvgIpc) is 3.56. The van der Waals surface area contributed by atoms with Gasteiger partial charge >= 0.3 is 5.97 Å². The van der Waals surface area contributed by atoms with Crippen molar-refractivity contribution in [1.29, 1.82) is 0 Å². The summed E-state index contributed by atoms with van der Waals surface area (Å²) in [6, 6.07) is -0.624. The Morgan fingerprint density at radius 2 is 0.511 bits per heavy atom. The van der Waals surface area contributed by atoms with E-state index >= 15 is 0 Å². The van der Waals surface area contributed by atoms with E-state index in [-0.39, 0.29) is 18.5 Å². The number of esters is 1. The summed E-state index contributed by atoms with van der Waals surface area (Å²) >= 11 is 0. The van der Waals surface area contributed by atoms with Gasteiger partial charge in [-0.15, -0.1) is 0 Å². The Bertz CT molecular complexity index is 1450. The molecule has 92 heavy (non-hydrogen) atoms. The minimum Gasteiger partial charge on any atom is -0.466 e. The first kappa shape index (κ1) is 90.3. The van der Waals surface area contributed by atoms with Gasteiger partial charge in [0.05, 0.1) is 25.4 Å². The topological polar surface area (TPSA) is 95.9 Å². The van der Waals surface area contributed by atoms with E-state index in [4.69, 9.17) is 4.74 Å². The second-order valence-corrected chi connectivity index (χ2v) is 29.5. The summed E-state index contributed by atoms with van der Waals surface area (Å²) in [6.45, 7) is 4.96. The van der Waals surface area contributed by atoms with Gasteiger partial charge in [0.1, 0.15) is 0 Å². The van der Waals surface area contributed by atoms with Gasteiger partial charge in [0.15, 0.2) is 0 Å². The molecule has 0 aromatic rings. The molecule has 3 N–H and O–H groups in total. The van der Waals surface area contributed by atoms with Gasteiger partial charge in [0.2, 0.25) is 5.91 Å². The van der Waals surface area contributed by atoms with Gasteiger partial charge in [0, 0.05) is 12.8 Å². The lowest BCUT2D eigenvalue weighted by molar-refractivity contribution is -0.143. The molecule has 0 bridgehead atoms. The zero-order valence-electron chi connectivity index (χ0n) is 62.8. The van der Waals surface area contributed by atoms with Crippen LogP contribution < -0.4 is 5.32 Å². The molecule has 0 heterocycles. The van der Waals surface area contributed by atoms with Gasteiger partial charge in [-0.2, -0.15) is 0 Å². The summed E-state index contributed by atoms with van der Waals surface area (Å²) in [5, 5.41) is 23.3. The van der Waals surface area contributed by atoms with E-state index in [1.165, 1.54) is 424 Å². The number of allylic oxidation sites excluding steroid dienone is 3. The normalized spacial score (nSPS) is 12.5. The fraction of sp³-hybridized carbons (Fsp3) is 0.930. The molecule has 0 aliphatic heterocycles. The Hall–Kier alpha value is -1.66. The second-order valence-electron chi connectivity index (χ2n) is 29.5. The second kappa shape index (κ2) is 81.8. The van der Waals surface area contributed by atoms with Crippen LogP contribution in [0.4, 0.5) is 0 Å². The average molecular weight is 1300 g/mol. The van der Waals surface area contributed by atoms with Crippen LogP contribution in [0, 0.1) is 0 Å². The van der Waals surface area contributed by atoms with E-state index in [0.29, 0.717) is 19.4 Å². The molecule has 0 saturated carbocycles. The summed E-state index contributed by atoms with van der Waals surface area (Å²) < 4.78 is 5.51. The highest BCUT2D eigenvalue weighted by molar-refractivity contribution is 5.76. The maximum Gasteiger partial charge on any atom is 0.305 e. The van der Waals surface area contributed by atoms with Gasteiger partial charge in [-0.05, 0) is 57.8 Å². The zero-order chi connectivity index (χ0) is 66.3. The third kappa shape index (κ3) is 77.3. The first-order valence-electron chi connectivity index (χ1n) is 42.6. The molecule has 6 heteroatoms. The summed E-state index contributed by atoms with van der Waals surface area (Å²) in [6.07, 6.45) is 106. The van der Waals surface area contributed by atoms with E-state index in [1.807, 2.05) is 6.08 Å². The number of amides is 1. The van der Waals surface area contributed by atoms with Crippen LogP contribution in [0.2, 0.25) is 0 Å². The highest BCUT2D eigenvalue weighted by Crippen LogP contribution is 2.21. The maximum atomic E-state index is 12.5. The van der Waals surface area contributed by atoms with Crippen molar-refractivity contribution in [3.63, 3.8) is 0 Å². The molecule has 0 aliphatic rings. The Balaban J connectivity index is 3.30. The molecule has 0 rings (SSSR count). The largest absolute Gasteiger partial charge is 0.466 e. The number of nitrogens with one attached hydrogen (secondary N) is 1. The third-order valence-electron chi connectivity index (χ3n) is 20.2. The quantitative estimate of drug-likeness (QED) is 0.0320. The molecular formula is C86H167NO5. The van der Waals surface area contributed by atoms with Crippen molar-refractivity contribution in [3.8, 4) is 0 Å². The van der Waals surface area contributed by atoms with Crippen LogP contribution in [0.15, 0.2) is 24.3 Å². The molecule has 0 aromatic heterocycles. The zero-order valence-corrected chi connectivity index (χ0v) is 62.8. The minimum absolute atomic E-state index is 0.0216. The monoisotopic (exact) mass is 1290 g/mol. The van der Waals surface area contributed by atoms with E-state index in [9.17, 15) is 19.8 Å². The van der Waals surface area contributed by atoms with Crippen molar-refractivity contribution >= 4 is 11.9 Å². The highest BCUT2D eigenvalue weighted by Gasteiger charge is 2.18. The first-order valence-corrected chi connectivity index (χ1v) is 42.6. The summed E-state index contributed by atoms with van der Waals surface area (Å²) in [7, 11) is 0. The number of aliphatic hydroxyl groups excluding tert-OH is 2. The molecule has 2 atom stereocenters. The molecule has 1 amide bonds. The van der Waals surface area contributed by atoms with Crippen LogP contribution in [-0.4, -0.2) is 47.4 Å². The molecule has 0 spiro atoms. The number of rotatable bonds is 81. The standard InChI is InChI=1S/C86H167NO5/c1-3-5-7-9-11-13-15-17-19-21-43-47-50-54-58-62-66-70-74-78-84(89)83(82-88)87-85(90)79-75-71-67-63-59-55-51-48-44-41-39-37-35-33-31-29-27-25-23-22-24-26-28-30-32-34-36-38-40-42-45-49-53-57-61-65-69-73-77-81-92-86(91)80-76-72-68-64-60-56-52-46-20-18-16-14-12-10-8-6-4-2/h18,20,74,78,83-84,88-89H,3-17,19,21-73,75-77,79-82H2,1-2H3,(H,87,90)/b20-18-,78-74+. The predicted octanol–water partition coefficient (Wildman–Crippen LogP) is 28.4. The van der Waals surface area contributed by atoms with Gasteiger partial charge in [0.25, 0.3) is 0 Å². The molecule has 6 nitrogen and oxygen atoms in total. The number of hydrogen-bond donors (Lipinski definition) is 3. The number of hydrogen-bond acceptors (Lipinski definition) is 5. The summed E-state index contributed by atoms with van der Waals surface area (Å²) in [5.41, 5.74) is 0. The van der Waals surface area contributed by atoms with Crippen molar-refractivity contribution in [2.45, 2.75) is 501 Å². The minimum atomic E-state index is -0.841. The Morgan fingerprint density at radius 3 is 0.772 bits per heavy atom. The van der Waals surface area contributed by atoms with Crippen molar-refractivity contribution in [1.82, 2.24) is 5.32 Å². The van der Waals surface area contributed by atoms with Crippen LogP contribution in [0.5, 0.6) is 0 Å². The number of ether oxygens (including phenoxy) is 1. The SMILES string of the molecule is CCCCCCCC/C=C\CCCCCCCCCC(=O)OCCCCCCCCCCCCCCCCCCCCCCCCCCCCCCCCCCCCCCCCCC(=O)NC(CO)C(O)/C=C/CCCCCCCCCCCCCCCCCCC. The van der Waals surface area contributed by atoms with Crippen LogP contribution in [0.1, 0.15) is 489 Å². The Kier molecular flexibility index (Phi) is 80.3. The van der Waals surface area contributed by atoms with Gasteiger partial charge in [-0.3, -0.25) is 9.59 Å². The third-order valence-corrected chi connectivity index (χ3v) is 20.2. The van der Waals surface area contributed by atoms with Crippen LogP contribution in [-0.2, 0) is 14.3 Å². The lowest BCUT2D eigenvalue weighted by Gasteiger charge is -2.20. The number of carbonyl (C=O) groups excluding carboxylic acids is 2. The molecule has 0 fully saturated rings. The van der Waals surface area contributed by atoms with Crippen molar-refractivity contribution in [2.24, 2.45) is 0 Å². The maximum absolute atomic E-state index is 12.5. The molecule has 0 aromatic carbocycles.